The van der Waals surface area contributed by atoms with E-state index in [9.17, 15) is 10.2 Å². The van der Waals surface area contributed by atoms with E-state index in [-0.39, 0.29) is 12.6 Å². The first-order valence-corrected chi connectivity index (χ1v) is 4.72. The van der Waals surface area contributed by atoms with Crippen LogP contribution < -0.4 is 0 Å². The zero-order chi connectivity index (χ0) is 9.42. The average molecular weight is 188 g/mol. The van der Waals surface area contributed by atoms with Crippen molar-refractivity contribution in [1.29, 1.82) is 0 Å². The predicted molar refractivity (Wildman–Crippen MR) is 45.8 cm³/mol. The van der Waals surface area contributed by atoms with Crippen molar-refractivity contribution < 1.29 is 15.3 Å². The first-order valence-electron chi connectivity index (χ1n) is 4.72. The molecule has 2 heterocycles. The zero-order valence-corrected chi connectivity index (χ0v) is 7.50. The van der Waals surface area contributed by atoms with Crippen LogP contribution in [0.25, 0.3) is 0 Å². The maximum absolute atomic E-state index is 9.61. The number of fused-ring (bicyclic) bond motifs is 1. The van der Waals surface area contributed by atoms with Gasteiger partial charge in [0.05, 0.1) is 18.8 Å². The Morgan fingerprint density at radius 1 is 1.23 bits per heavy atom. The molecule has 3 N–H and O–H groups in total. The highest BCUT2D eigenvalue weighted by Gasteiger charge is 2.41. The molecule has 5 nitrogen and oxygen atoms in total. The number of nitrogens with zero attached hydrogens (tertiary/aromatic N) is 2. The Bertz CT molecular complexity index is 190. The van der Waals surface area contributed by atoms with Crippen LogP contribution >= 0.6 is 0 Å². The molecule has 0 saturated carbocycles. The Morgan fingerprint density at radius 2 is 2.00 bits per heavy atom. The van der Waals surface area contributed by atoms with Gasteiger partial charge in [-0.2, -0.15) is 0 Å². The third-order valence-electron chi connectivity index (χ3n) is 2.92. The molecule has 2 aliphatic rings. The standard InChI is InChI=1S/C8H16N2O3/c11-5-6-8(13)7(12)4-9-2-1-3-10(6)9/h6-8,11-13H,1-5H2/t6-,7-,8-/m1/s1. The number of aliphatic hydroxyl groups excluding tert-OH is 3. The molecule has 0 aromatic carbocycles. The molecule has 0 amide bonds. The van der Waals surface area contributed by atoms with Crippen LogP contribution in [0.4, 0.5) is 0 Å². The van der Waals surface area contributed by atoms with Gasteiger partial charge in [-0.1, -0.05) is 0 Å². The summed E-state index contributed by atoms with van der Waals surface area (Å²) in [5, 5.41) is 32.2. The van der Waals surface area contributed by atoms with E-state index in [1.807, 2.05) is 10.0 Å². The molecule has 0 spiro atoms. The fourth-order valence-corrected chi connectivity index (χ4v) is 2.22. The van der Waals surface area contributed by atoms with Gasteiger partial charge in [-0.25, -0.2) is 10.0 Å². The predicted octanol–water partition coefficient (Wildman–Crippen LogP) is -1.99. The van der Waals surface area contributed by atoms with Gasteiger partial charge in [-0.05, 0) is 6.42 Å². The molecule has 2 fully saturated rings. The lowest BCUT2D eigenvalue weighted by Crippen LogP contribution is -2.62. The monoisotopic (exact) mass is 188 g/mol. The van der Waals surface area contributed by atoms with E-state index >= 15 is 0 Å². The van der Waals surface area contributed by atoms with Gasteiger partial charge in [0.2, 0.25) is 0 Å². The van der Waals surface area contributed by atoms with Gasteiger partial charge >= 0.3 is 0 Å². The largest absolute Gasteiger partial charge is 0.395 e. The molecule has 2 aliphatic heterocycles. The molecule has 5 heteroatoms. The highest BCUT2D eigenvalue weighted by molar-refractivity contribution is 4.91. The van der Waals surface area contributed by atoms with Crippen molar-refractivity contribution >= 4 is 0 Å². The van der Waals surface area contributed by atoms with Crippen LogP contribution in [0.5, 0.6) is 0 Å². The molecule has 2 rings (SSSR count). The lowest BCUT2D eigenvalue weighted by atomic mass is 10.0. The maximum Gasteiger partial charge on any atom is 0.100 e. The second-order valence-electron chi connectivity index (χ2n) is 3.74. The summed E-state index contributed by atoms with van der Waals surface area (Å²) in [6.45, 7) is 2.17. The molecule has 0 aromatic rings. The van der Waals surface area contributed by atoms with Gasteiger partial charge in [0, 0.05) is 19.6 Å². The van der Waals surface area contributed by atoms with Gasteiger partial charge in [-0.3, -0.25) is 0 Å². The van der Waals surface area contributed by atoms with Crippen LogP contribution in [-0.2, 0) is 0 Å². The summed E-state index contributed by atoms with van der Waals surface area (Å²) in [6.07, 6.45) is -0.513. The second kappa shape index (κ2) is 3.51. The van der Waals surface area contributed by atoms with Crippen molar-refractivity contribution in [3.8, 4) is 0 Å². The van der Waals surface area contributed by atoms with Crippen molar-refractivity contribution in [2.24, 2.45) is 0 Å². The summed E-state index contributed by atoms with van der Waals surface area (Å²) in [6, 6.07) is -0.328. The fraction of sp³-hybridized carbons (Fsp3) is 1.00. The molecule has 3 atom stereocenters. The summed E-state index contributed by atoms with van der Waals surface area (Å²) in [5.74, 6) is 0. The minimum absolute atomic E-state index is 0.102. The number of hydrogen-bond acceptors (Lipinski definition) is 5. The van der Waals surface area contributed by atoms with Gasteiger partial charge in [0.25, 0.3) is 0 Å². The van der Waals surface area contributed by atoms with Crippen molar-refractivity contribution in [3.05, 3.63) is 0 Å². The quantitative estimate of drug-likeness (QED) is 0.444. The third-order valence-corrected chi connectivity index (χ3v) is 2.92. The molecule has 0 radical (unpaired) electrons. The van der Waals surface area contributed by atoms with E-state index < -0.39 is 12.2 Å². The number of hydrazine groups is 1. The van der Waals surface area contributed by atoms with Gasteiger partial charge in [-0.15, -0.1) is 0 Å². The van der Waals surface area contributed by atoms with Crippen LogP contribution in [0.3, 0.4) is 0 Å². The van der Waals surface area contributed by atoms with Crippen molar-refractivity contribution in [2.45, 2.75) is 24.7 Å². The molecular formula is C8H16N2O3. The van der Waals surface area contributed by atoms with Crippen LogP contribution in [0.1, 0.15) is 6.42 Å². The highest BCUT2D eigenvalue weighted by Crippen LogP contribution is 2.23. The van der Waals surface area contributed by atoms with E-state index in [0.717, 1.165) is 19.5 Å². The number of aliphatic hydroxyl groups is 3. The Morgan fingerprint density at radius 3 is 2.69 bits per heavy atom. The summed E-state index contributed by atoms with van der Waals surface area (Å²) < 4.78 is 0. The summed E-state index contributed by atoms with van der Waals surface area (Å²) in [7, 11) is 0. The topological polar surface area (TPSA) is 67.2 Å². The smallest absolute Gasteiger partial charge is 0.100 e. The van der Waals surface area contributed by atoms with Gasteiger partial charge in [0.1, 0.15) is 6.10 Å². The molecule has 0 aliphatic carbocycles. The zero-order valence-electron chi connectivity index (χ0n) is 7.50. The van der Waals surface area contributed by atoms with Crippen LogP contribution in [-0.4, -0.2) is 69.8 Å². The fourth-order valence-electron chi connectivity index (χ4n) is 2.22. The highest BCUT2D eigenvalue weighted by atomic mass is 16.3. The lowest BCUT2D eigenvalue weighted by molar-refractivity contribution is -0.170. The third kappa shape index (κ3) is 1.47. The van der Waals surface area contributed by atoms with Crippen molar-refractivity contribution in [1.82, 2.24) is 10.0 Å². The summed E-state index contributed by atoms with van der Waals surface area (Å²) in [4.78, 5) is 0. The van der Waals surface area contributed by atoms with Crippen molar-refractivity contribution in [3.63, 3.8) is 0 Å². The molecule has 76 valence electrons. The average Bonchev–Trinajstić information content (AvgIpc) is 2.54. The Labute approximate surface area is 77.2 Å². The van der Waals surface area contributed by atoms with Crippen LogP contribution in [0, 0.1) is 0 Å². The minimum atomic E-state index is -0.820. The van der Waals surface area contributed by atoms with E-state index in [1.165, 1.54) is 0 Å². The molecule has 0 unspecified atom stereocenters. The molecule has 2 saturated heterocycles. The van der Waals surface area contributed by atoms with E-state index in [1.54, 1.807) is 0 Å². The van der Waals surface area contributed by atoms with E-state index in [0.29, 0.717) is 6.54 Å². The molecule has 0 bridgehead atoms. The van der Waals surface area contributed by atoms with E-state index in [2.05, 4.69) is 0 Å². The lowest BCUT2D eigenvalue weighted by Gasteiger charge is -2.44. The summed E-state index contributed by atoms with van der Waals surface area (Å²) >= 11 is 0. The normalized spacial score (nSPS) is 42.2. The Hall–Kier alpha value is -0.200. The first-order chi connectivity index (χ1) is 6.24. The Kier molecular flexibility index (Phi) is 2.53. The van der Waals surface area contributed by atoms with Gasteiger partial charge in [0.15, 0.2) is 0 Å². The minimum Gasteiger partial charge on any atom is -0.395 e. The second-order valence-corrected chi connectivity index (χ2v) is 3.74. The molecular weight excluding hydrogens is 172 g/mol. The van der Waals surface area contributed by atoms with Gasteiger partial charge < -0.3 is 15.3 Å². The van der Waals surface area contributed by atoms with Crippen LogP contribution in [0.15, 0.2) is 0 Å². The number of rotatable bonds is 1. The molecule has 0 aromatic heterocycles. The SMILES string of the molecule is OC[C@@H]1[C@@H](O)[C@H](O)CN2CCCN12. The molecule has 13 heavy (non-hydrogen) atoms. The first kappa shape index (κ1) is 9.36. The van der Waals surface area contributed by atoms with E-state index in [4.69, 9.17) is 5.11 Å². The maximum atomic E-state index is 9.61. The summed E-state index contributed by atoms with van der Waals surface area (Å²) in [5.41, 5.74) is 0. The van der Waals surface area contributed by atoms with Crippen LogP contribution in [0.2, 0.25) is 0 Å². The van der Waals surface area contributed by atoms with Crippen molar-refractivity contribution in [2.75, 3.05) is 26.2 Å². The number of hydrogen-bond donors (Lipinski definition) is 3. The Balaban J connectivity index is 2.12.